The van der Waals surface area contributed by atoms with Crippen LogP contribution in [0, 0.1) is 5.41 Å². The average molecular weight is 453 g/mol. The number of rotatable bonds is 5. The molecule has 2 fully saturated rings. The highest BCUT2D eigenvalue weighted by atomic mass is 16.5. The summed E-state index contributed by atoms with van der Waals surface area (Å²) in [5.41, 5.74) is 1.70. The van der Waals surface area contributed by atoms with Gasteiger partial charge in [0.25, 0.3) is 0 Å². The molecule has 0 bridgehead atoms. The van der Waals surface area contributed by atoms with Crippen molar-refractivity contribution in [2.75, 3.05) is 13.2 Å². The summed E-state index contributed by atoms with van der Waals surface area (Å²) in [6.07, 6.45) is 5.73. The first-order chi connectivity index (χ1) is 15.8. The molecule has 1 amide bonds. The monoisotopic (exact) mass is 452 g/mol. The van der Waals surface area contributed by atoms with E-state index in [4.69, 9.17) is 4.74 Å². The number of esters is 1. The van der Waals surface area contributed by atoms with E-state index in [9.17, 15) is 9.59 Å². The maximum Gasteiger partial charge on any atom is 0.336 e. The van der Waals surface area contributed by atoms with E-state index < -0.39 is 0 Å². The van der Waals surface area contributed by atoms with Gasteiger partial charge >= 0.3 is 5.97 Å². The quantitative estimate of drug-likeness (QED) is 0.671. The molecular formula is C22H28N8O3. The topological polar surface area (TPSA) is 128 Å². The van der Waals surface area contributed by atoms with Crippen LogP contribution in [-0.2, 0) is 14.3 Å². The zero-order valence-corrected chi connectivity index (χ0v) is 19.1. The van der Waals surface area contributed by atoms with E-state index in [2.05, 4.69) is 44.9 Å². The van der Waals surface area contributed by atoms with Gasteiger partial charge in [-0.05, 0) is 75.4 Å². The number of cyclic esters (lactones) is 1. The minimum absolute atomic E-state index is 0.00436. The lowest BCUT2D eigenvalue weighted by atomic mass is 9.67. The molecule has 1 unspecified atom stereocenters. The van der Waals surface area contributed by atoms with Gasteiger partial charge in [0.1, 0.15) is 12.9 Å². The number of hydrogen-bond donors (Lipinski definition) is 1. The van der Waals surface area contributed by atoms with E-state index in [1.165, 1.54) is 11.0 Å². The van der Waals surface area contributed by atoms with Crippen molar-refractivity contribution in [1.29, 1.82) is 0 Å². The molecule has 1 saturated heterocycles. The van der Waals surface area contributed by atoms with E-state index in [0.29, 0.717) is 17.9 Å². The number of hydrogen-bond acceptors (Lipinski definition) is 9. The molecule has 33 heavy (non-hydrogen) atoms. The number of nitrogens with zero attached hydrogens (tertiary/aromatic N) is 7. The van der Waals surface area contributed by atoms with Crippen LogP contribution in [0.1, 0.15) is 64.6 Å². The van der Waals surface area contributed by atoms with Crippen LogP contribution in [0.2, 0.25) is 0 Å². The molecule has 2 aliphatic heterocycles. The fourth-order valence-corrected chi connectivity index (χ4v) is 5.27. The Kier molecular flexibility index (Phi) is 5.23. The first-order valence-electron chi connectivity index (χ1n) is 11.3. The Morgan fingerprint density at radius 1 is 1.12 bits per heavy atom. The highest BCUT2D eigenvalue weighted by Crippen LogP contribution is 2.49. The van der Waals surface area contributed by atoms with Crippen LogP contribution in [0.4, 0.5) is 0 Å². The van der Waals surface area contributed by atoms with Gasteiger partial charge in [0.05, 0.1) is 22.4 Å². The summed E-state index contributed by atoms with van der Waals surface area (Å²) in [5, 5.41) is 23.3. The standard InChI is InChI=1S/C22H28N8O3/c1-14-17(12-33-19(14)31)29-11-10-22(20(29)32)8-6-21(3,7-9-22)24-15(2)16-4-5-18(26-25-16)30-13-23-27-28-30/h4-5,13,15,24H,6-12H2,1-3H3. The molecule has 2 aromatic heterocycles. The Morgan fingerprint density at radius 2 is 1.91 bits per heavy atom. The SMILES string of the molecule is CC1=C(N2CCC3(CCC(C)(NC(C)c4ccc(-n5cnnn5)nn4)CC3)C2=O)COC1=O. The van der Waals surface area contributed by atoms with Crippen LogP contribution in [0.25, 0.3) is 5.82 Å². The van der Waals surface area contributed by atoms with E-state index >= 15 is 0 Å². The third-order valence-electron chi connectivity index (χ3n) is 7.49. The summed E-state index contributed by atoms with van der Waals surface area (Å²) < 4.78 is 6.58. The second kappa shape index (κ2) is 7.98. The third kappa shape index (κ3) is 3.79. The molecule has 5 rings (SSSR count). The third-order valence-corrected chi connectivity index (χ3v) is 7.49. The van der Waals surface area contributed by atoms with Crippen LogP contribution in [-0.4, -0.2) is 65.9 Å². The van der Waals surface area contributed by atoms with E-state index in [1.807, 2.05) is 12.1 Å². The Labute approximate surface area is 191 Å². The lowest BCUT2D eigenvalue weighted by Gasteiger charge is -2.43. The lowest BCUT2D eigenvalue weighted by Crippen LogP contribution is -2.50. The number of ether oxygens (including phenoxy) is 1. The number of tetrazole rings is 1. The zero-order chi connectivity index (χ0) is 23.2. The van der Waals surface area contributed by atoms with Crippen molar-refractivity contribution < 1.29 is 14.3 Å². The summed E-state index contributed by atoms with van der Waals surface area (Å²) in [6.45, 7) is 6.89. The highest BCUT2D eigenvalue weighted by Gasteiger charge is 2.52. The molecule has 4 heterocycles. The normalized spacial score (nSPS) is 28.6. The van der Waals surface area contributed by atoms with Gasteiger partial charge in [-0.2, -0.15) is 9.78 Å². The van der Waals surface area contributed by atoms with Crippen molar-refractivity contribution in [3.63, 3.8) is 0 Å². The molecule has 1 saturated carbocycles. The second-order valence-electron chi connectivity index (χ2n) is 9.63. The van der Waals surface area contributed by atoms with Crippen molar-refractivity contribution in [2.45, 2.75) is 64.5 Å². The fraction of sp³-hybridized carbons (Fsp3) is 0.591. The Balaban J connectivity index is 1.22. The van der Waals surface area contributed by atoms with Gasteiger partial charge in [0, 0.05) is 18.1 Å². The Bertz CT molecular complexity index is 1090. The first kappa shape index (κ1) is 21.6. The predicted octanol–water partition coefficient (Wildman–Crippen LogP) is 1.49. The van der Waals surface area contributed by atoms with Crippen molar-refractivity contribution in [1.82, 2.24) is 40.6 Å². The fourth-order valence-electron chi connectivity index (χ4n) is 5.27. The summed E-state index contributed by atoms with van der Waals surface area (Å²) in [5.74, 6) is 0.391. The number of carbonyl (C=O) groups excluding carboxylic acids is 2. The molecule has 11 nitrogen and oxygen atoms in total. The molecule has 3 aliphatic rings. The number of nitrogens with one attached hydrogen (secondary N) is 1. The van der Waals surface area contributed by atoms with Gasteiger partial charge < -0.3 is 15.0 Å². The molecule has 174 valence electrons. The molecule has 1 aliphatic carbocycles. The van der Waals surface area contributed by atoms with Gasteiger partial charge in [0.15, 0.2) is 5.82 Å². The molecule has 1 atom stereocenters. The number of amides is 1. The van der Waals surface area contributed by atoms with Gasteiger partial charge in [-0.25, -0.2) is 4.79 Å². The largest absolute Gasteiger partial charge is 0.456 e. The Morgan fingerprint density at radius 3 is 2.52 bits per heavy atom. The van der Waals surface area contributed by atoms with E-state index in [0.717, 1.165) is 43.5 Å². The minimum Gasteiger partial charge on any atom is -0.456 e. The van der Waals surface area contributed by atoms with Crippen molar-refractivity contribution in [3.8, 4) is 5.82 Å². The molecule has 2 aromatic rings. The predicted molar refractivity (Wildman–Crippen MR) is 116 cm³/mol. The highest BCUT2D eigenvalue weighted by molar-refractivity contribution is 5.94. The van der Waals surface area contributed by atoms with Gasteiger partial charge in [-0.15, -0.1) is 10.2 Å². The summed E-state index contributed by atoms with van der Waals surface area (Å²) in [4.78, 5) is 26.9. The van der Waals surface area contributed by atoms with Gasteiger partial charge in [0.2, 0.25) is 5.91 Å². The van der Waals surface area contributed by atoms with Crippen LogP contribution in [0.5, 0.6) is 0 Å². The molecule has 1 N–H and O–H groups in total. The van der Waals surface area contributed by atoms with E-state index in [1.54, 1.807) is 11.8 Å². The molecule has 11 heteroatoms. The minimum atomic E-state index is -0.337. The van der Waals surface area contributed by atoms with Crippen molar-refractivity contribution >= 4 is 11.9 Å². The first-order valence-corrected chi connectivity index (χ1v) is 11.3. The van der Waals surface area contributed by atoms with E-state index in [-0.39, 0.29) is 35.5 Å². The van der Waals surface area contributed by atoms with Crippen molar-refractivity contribution in [3.05, 3.63) is 35.4 Å². The smallest absolute Gasteiger partial charge is 0.336 e. The molecular weight excluding hydrogens is 424 g/mol. The summed E-state index contributed by atoms with van der Waals surface area (Å²) in [6, 6.07) is 3.77. The molecule has 1 spiro atoms. The summed E-state index contributed by atoms with van der Waals surface area (Å²) >= 11 is 0. The van der Waals surface area contributed by atoms with Crippen molar-refractivity contribution in [2.24, 2.45) is 5.41 Å². The average Bonchev–Trinajstić information content (AvgIpc) is 3.53. The summed E-state index contributed by atoms with van der Waals surface area (Å²) in [7, 11) is 0. The Hall–Kier alpha value is -3.21. The van der Waals surface area contributed by atoms with Gasteiger partial charge in [-0.3, -0.25) is 4.79 Å². The van der Waals surface area contributed by atoms with Gasteiger partial charge in [-0.1, -0.05) is 0 Å². The molecule has 0 radical (unpaired) electrons. The lowest BCUT2D eigenvalue weighted by molar-refractivity contribution is -0.138. The second-order valence-corrected chi connectivity index (χ2v) is 9.63. The number of carbonyl (C=O) groups is 2. The maximum atomic E-state index is 13.4. The number of likely N-dealkylation sites (tertiary alicyclic amines) is 1. The number of aromatic nitrogens is 6. The van der Waals surface area contributed by atoms with Crippen LogP contribution < -0.4 is 5.32 Å². The van der Waals surface area contributed by atoms with Crippen LogP contribution in [0.15, 0.2) is 29.7 Å². The molecule has 0 aromatic carbocycles. The van der Waals surface area contributed by atoms with Crippen LogP contribution in [0.3, 0.4) is 0 Å². The van der Waals surface area contributed by atoms with Crippen LogP contribution >= 0.6 is 0 Å². The zero-order valence-electron chi connectivity index (χ0n) is 19.1. The maximum absolute atomic E-state index is 13.4.